The molecule has 0 aliphatic heterocycles. The summed E-state index contributed by atoms with van der Waals surface area (Å²) in [6, 6.07) is 7.86. The minimum atomic E-state index is 0.264. The molecule has 0 saturated heterocycles. The van der Waals surface area contributed by atoms with E-state index in [2.05, 4.69) is 32.2 Å². The number of nitriles is 1. The molecule has 0 spiro atoms. The van der Waals surface area contributed by atoms with Crippen molar-refractivity contribution in [3.8, 4) is 6.07 Å². The van der Waals surface area contributed by atoms with Gasteiger partial charge in [-0.25, -0.2) is 0 Å². The number of benzene rings is 1. The van der Waals surface area contributed by atoms with E-state index in [9.17, 15) is 0 Å². The number of nitrogens with zero attached hydrogens (tertiary/aromatic N) is 1. The van der Waals surface area contributed by atoms with E-state index in [0.29, 0.717) is 5.56 Å². The highest BCUT2D eigenvalue weighted by Crippen LogP contribution is 2.19. The summed E-state index contributed by atoms with van der Waals surface area (Å²) in [4.78, 5) is 0. The molecule has 0 atom stereocenters. The molecule has 0 fully saturated rings. The Morgan fingerprint density at radius 3 is 2.47 bits per heavy atom. The Balaban J connectivity index is 2.76. The van der Waals surface area contributed by atoms with Crippen LogP contribution < -0.4 is 5.32 Å². The summed E-state index contributed by atoms with van der Waals surface area (Å²) in [6.45, 7) is 9.53. The van der Waals surface area contributed by atoms with E-state index in [0.717, 1.165) is 17.8 Å². The highest BCUT2D eigenvalue weighted by atomic mass is 14.9. The second-order valence-electron chi connectivity index (χ2n) is 5.06. The van der Waals surface area contributed by atoms with Gasteiger partial charge in [-0.15, -0.1) is 0 Å². The maximum Gasteiger partial charge on any atom is 0.0991 e. The Morgan fingerprint density at radius 1 is 1.33 bits per heavy atom. The van der Waals surface area contributed by atoms with Crippen molar-refractivity contribution in [3.05, 3.63) is 29.3 Å². The molecule has 0 aliphatic rings. The molecule has 0 aliphatic carbocycles. The first-order chi connectivity index (χ1) is 6.92. The zero-order valence-corrected chi connectivity index (χ0v) is 9.89. The topological polar surface area (TPSA) is 35.8 Å². The highest BCUT2D eigenvalue weighted by molar-refractivity contribution is 5.54. The molecule has 0 radical (unpaired) electrons. The molecular formula is C13H18N2. The molecule has 1 aromatic rings. The summed E-state index contributed by atoms with van der Waals surface area (Å²) < 4.78 is 0. The quantitative estimate of drug-likeness (QED) is 0.798. The molecule has 1 N–H and O–H groups in total. The predicted molar refractivity (Wildman–Crippen MR) is 63.8 cm³/mol. The van der Waals surface area contributed by atoms with E-state index in [-0.39, 0.29) is 5.41 Å². The fraction of sp³-hybridized carbons (Fsp3) is 0.462. The number of rotatable bonds is 2. The summed E-state index contributed by atoms with van der Waals surface area (Å²) in [5.41, 5.74) is 3.22. The standard InChI is InChI=1S/C13H18N2/c1-10-7-11(8-14)5-6-12(10)15-9-13(2,3)4/h5-7,15H,9H2,1-4H3. The van der Waals surface area contributed by atoms with Crippen molar-refractivity contribution >= 4 is 5.69 Å². The van der Waals surface area contributed by atoms with Crippen molar-refractivity contribution in [3.63, 3.8) is 0 Å². The van der Waals surface area contributed by atoms with Gasteiger partial charge in [0.15, 0.2) is 0 Å². The van der Waals surface area contributed by atoms with E-state index < -0.39 is 0 Å². The van der Waals surface area contributed by atoms with Crippen molar-refractivity contribution < 1.29 is 0 Å². The summed E-state index contributed by atoms with van der Waals surface area (Å²) in [7, 11) is 0. The Bertz CT molecular complexity index is 381. The van der Waals surface area contributed by atoms with Crippen LogP contribution in [0.4, 0.5) is 5.69 Å². The molecule has 2 nitrogen and oxygen atoms in total. The third-order valence-electron chi connectivity index (χ3n) is 2.16. The minimum absolute atomic E-state index is 0.264. The maximum atomic E-state index is 8.74. The summed E-state index contributed by atoms with van der Waals surface area (Å²) in [6.07, 6.45) is 0. The third-order valence-corrected chi connectivity index (χ3v) is 2.16. The summed E-state index contributed by atoms with van der Waals surface area (Å²) in [5, 5.41) is 12.1. The van der Waals surface area contributed by atoms with Crippen LogP contribution in [0.25, 0.3) is 0 Å². The lowest BCUT2D eigenvalue weighted by Crippen LogP contribution is -2.19. The molecule has 0 bridgehead atoms. The van der Waals surface area contributed by atoms with Gasteiger partial charge in [-0.3, -0.25) is 0 Å². The molecule has 0 heterocycles. The van der Waals surface area contributed by atoms with E-state index in [4.69, 9.17) is 5.26 Å². The van der Waals surface area contributed by atoms with Crippen LogP contribution in [0.1, 0.15) is 31.9 Å². The van der Waals surface area contributed by atoms with Crippen molar-refractivity contribution in [2.24, 2.45) is 5.41 Å². The number of hydrogen-bond acceptors (Lipinski definition) is 2. The highest BCUT2D eigenvalue weighted by Gasteiger charge is 2.10. The van der Waals surface area contributed by atoms with Gasteiger partial charge in [0.25, 0.3) is 0 Å². The molecular weight excluding hydrogens is 184 g/mol. The molecule has 1 rings (SSSR count). The van der Waals surface area contributed by atoms with Crippen LogP contribution in [0.5, 0.6) is 0 Å². The largest absolute Gasteiger partial charge is 0.384 e. The maximum absolute atomic E-state index is 8.74. The zero-order valence-electron chi connectivity index (χ0n) is 9.89. The van der Waals surface area contributed by atoms with E-state index >= 15 is 0 Å². The van der Waals surface area contributed by atoms with Crippen LogP contribution in [0, 0.1) is 23.7 Å². The van der Waals surface area contributed by atoms with Gasteiger partial charge in [0.1, 0.15) is 0 Å². The number of hydrogen-bond donors (Lipinski definition) is 1. The molecule has 2 heteroatoms. The van der Waals surface area contributed by atoms with Crippen LogP contribution in [0.3, 0.4) is 0 Å². The smallest absolute Gasteiger partial charge is 0.0991 e. The van der Waals surface area contributed by atoms with Gasteiger partial charge in [-0.05, 0) is 36.1 Å². The van der Waals surface area contributed by atoms with Gasteiger partial charge >= 0.3 is 0 Å². The first kappa shape index (κ1) is 11.6. The van der Waals surface area contributed by atoms with Crippen LogP contribution in [-0.4, -0.2) is 6.54 Å². The summed E-state index contributed by atoms with van der Waals surface area (Å²) >= 11 is 0. The molecule has 0 unspecified atom stereocenters. The Kier molecular flexibility index (Phi) is 3.36. The second-order valence-corrected chi connectivity index (χ2v) is 5.06. The molecule has 0 amide bonds. The van der Waals surface area contributed by atoms with Gasteiger partial charge in [0.2, 0.25) is 0 Å². The minimum Gasteiger partial charge on any atom is -0.384 e. The second kappa shape index (κ2) is 4.35. The van der Waals surface area contributed by atoms with Crippen molar-refractivity contribution in [2.75, 3.05) is 11.9 Å². The molecule has 0 aromatic heterocycles. The Labute approximate surface area is 91.9 Å². The van der Waals surface area contributed by atoms with Gasteiger partial charge in [0, 0.05) is 12.2 Å². The lowest BCUT2D eigenvalue weighted by molar-refractivity contribution is 0.443. The van der Waals surface area contributed by atoms with E-state index in [1.807, 2.05) is 25.1 Å². The molecule has 1 aromatic carbocycles. The van der Waals surface area contributed by atoms with Crippen molar-refractivity contribution in [1.29, 1.82) is 5.26 Å². The fourth-order valence-corrected chi connectivity index (χ4v) is 1.29. The van der Waals surface area contributed by atoms with Crippen molar-refractivity contribution in [2.45, 2.75) is 27.7 Å². The average Bonchev–Trinajstić information content (AvgIpc) is 2.14. The number of nitrogens with one attached hydrogen (secondary N) is 1. The van der Waals surface area contributed by atoms with Crippen LogP contribution in [0.2, 0.25) is 0 Å². The fourth-order valence-electron chi connectivity index (χ4n) is 1.29. The monoisotopic (exact) mass is 202 g/mol. The first-order valence-corrected chi connectivity index (χ1v) is 5.17. The van der Waals surface area contributed by atoms with Crippen LogP contribution in [-0.2, 0) is 0 Å². The lowest BCUT2D eigenvalue weighted by atomic mass is 9.96. The first-order valence-electron chi connectivity index (χ1n) is 5.17. The van der Waals surface area contributed by atoms with Crippen molar-refractivity contribution in [1.82, 2.24) is 0 Å². The normalized spacial score (nSPS) is 10.9. The Hall–Kier alpha value is -1.49. The van der Waals surface area contributed by atoms with E-state index in [1.54, 1.807) is 0 Å². The molecule has 0 saturated carbocycles. The third kappa shape index (κ3) is 3.63. The van der Waals surface area contributed by atoms with Crippen LogP contribution in [0.15, 0.2) is 18.2 Å². The molecule has 15 heavy (non-hydrogen) atoms. The Morgan fingerprint density at radius 2 is 2.00 bits per heavy atom. The zero-order chi connectivity index (χ0) is 11.5. The predicted octanol–water partition coefficient (Wildman–Crippen LogP) is 3.32. The summed E-state index contributed by atoms with van der Waals surface area (Å²) in [5.74, 6) is 0. The lowest BCUT2D eigenvalue weighted by Gasteiger charge is -2.20. The van der Waals surface area contributed by atoms with Gasteiger partial charge in [-0.2, -0.15) is 5.26 Å². The number of anilines is 1. The number of aryl methyl sites for hydroxylation is 1. The van der Waals surface area contributed by atoms with E-state index in [1.165, 1.54) is 0 Å². The SMILES string of the molecule is Cc1cc(C#N)ccc1NCC(C)(C)C. The van der Waals surface area contributed by atoms with Gasteiger partial charge < -0.3 is 5.32 Å². The average molecular weight is 202 g/mol. The van der Waals surface area contributed by atoms with Gasteiger partial charge in [-0.1, -0.05) is 20.8 Å². The van der Waals surface area contributed by atoms with Crippen LogP contribution >= 0.6 is 0 Å². The molecule has 80 valence electrons. The van der Waals surface area contributed by atoms with Gasteiger partial charge in [0.05, 0.1) is 11.6 Å².